The van der Waals surface area contributed by atoms with Crippen LogP contribution in [0.5, 0.6) is 0 Å². The second-order valence-electron chi connectivity index (χ2n) is 4.76. The van der Waals surface area contributed by atoms with Crippen LogP contribution in [0.25, 0.3) is 0 Å². The van der Waals surface area contributed by atoms with Crippen LogP contribution in [0.15, 0.2) is 0 Å². The Balaban J connectivity index is 2.29. The summed E-state index contributed by atoms with van der Waals surface area (Å²) in [4.78, 5) is 11.5. The van der Waals surface area contributed by atoms with E-state index in [1.165, 1.54) is 19.3 Å². The molecule has 0 spiro atoms. The molecule has 1 aliphatic rings. The quantitative estimate of drug-likeness (QED) is 0.687. The van der Waals surface area contributed by atoms with Gasteiger partial charge in [-0.1, -0.05) is 20.3 Å². The van der Waals surface area contributed by atoms with E-state index in [-0.39, 0.29) is 12.0 Å². The van der Waals surface area contributed by atoms with Crippen LogP contribution >= 0.6 is 0 Å². The summed E-state index contributed by atoms with van der Waals surface area (Å²) >= 11 is 0. The largest absolute Gasteiger partial charge is 0.465 e. The summed E-state index contributed by atoms with van der Waals surface area (Å²) < 4.78 is 5.01. The average molecular weight is 213 g/mol. The maximum absolute atomic E-state index is 11.5. The lowest BCUT2D eigenvalue weighted by Gasteiger charge is -2.39. The summed E-state index contributed by atoms with van der Waals surface area (Å²) in [5.74, 6) is -0.108. The first-order valence-electron chi connectivity index (χ1n) is 6.01. The lowest BCUT2D eigenvalue weighted by atomic mass is 9.70. The van der Waals surface area contributed by atoms with Crippen molar-refractivity contribution in [3.63, 3.8) is 0 Å². The summed E-state index contributed by atoms with van der Waals surface area (Å²) in [6.07, 6.45) is 4.68. The van der Waals surface area contributed by atoms with Gasteiger partial charge >= 0.3 is 5.97 Å². The van der Waals surface area contributed by atoms with E-state index in [2.05, 4.69) is 12.2 Å². The summed E-state index contributed by atoms with van der Waals surface area (Å²) in [6.45, 7) is 7.54. The third-order valence-corrected chi connectivity index (χ3v) is 3.32. The Kier molecular flexibility index (Phi) is 4.58. The topological polar surface area (TPSA) is 38.3 Å². The zero-order chi connectivity index (χ0) is 11.3. The van der Waals surface area contributed by atoms with Gasteiger partial charge in [0.1, 0.15) is 6.04 Å². The van der Waals surface area contributed by atoms with Gasteiger partial charge in [0.25, 0.3) is 0 Å². The lowest BCUT2D eigenvalue weighted by Crippen LogP contribution is -2.45. The van der Waals surface area contributed by atoms with Gasteiger partial charge in [-0.25, -0.2) is 0 Å². The van der Waals surface area contributed by atoms with Crippen molar-refractivity contribution in [3.05, 3.63) is 0 Å². The molecule has 3 heteroatoms. The summed E-state index contributed by atoms with van der Waals surface area (Å²) in [7, 11) is 0. The zero-order valence-corrected chi connectivity index (χ0v) is 10.1. The molecule has 15 heavy (non-hydrogen) atoms. The van der Waals surface area contributed by atoms with E-state index >= 15 is 0 Å². The minimum absolute atomic E-state index is 0.108. The molecule has 1 saturated carbocycles. The van der Waals surface area contributed by atoms with E-state index in [0.717, 1.165) is 13.0 Å². The Morgan fingerprint density at radius 2 is 2.13 bits per heavy atom. The third-order valence-electron chi connectivity index (χ3n) is 3.32. The first kappa shape index (κ1) is 12.5. The van der Waals surface area contributed by atoms with E-state index < -0.39 is 0 Å². The number of carbonyl (C=O) groups excluding carboxylic acids is 1. The second-order valence-corrected chi connectivity index (χ2v) is 4.76. The monoisotopic (exact) mass is 213 g/mol. The van der Waals surface area contributed by atoms with Crippen LogP contribution in [-0.2, 0) is 9.53 Å². The SMILES string of the molecule is CCOC(=O)C(CC)NCC1(C)CCC1. The zero-order valence-electron chi connectivity index (χ0n) is 10.1. The van der Waals surface area contributed by atoms with Gasteiger partial charge in [-0.15, -0.1) is 0 Å². The summed E-state index contributed by atoms with van der Waals surface area (Å²) in [5.41, 5.74) is 0.417. The van der Waals surface area contributed by atoms with Crippen LogP contribution in [-0.4, -0.2) is 25.2 Å². The van der Waals surface area contributed by atoms with E-state index in [1.54, 1.807) is 0 Å². The molecule has 1 atom stereocenters. The fourth-order valence-corrected chi connectivity index (χ4v) is 1.96. The highest BCUT2D eigenvalue weighted by atomic mass is 16.5. The highest BCUT2D eigenvalue weighted by Gasteiger charge is 2.32. The molecule has 1 aliphatic carbocycles. The molecule has 0 aromatic carbocycles. The molecule has 3 nitrogen and oxygen atoms in total. The van der Waals surface area contributed by atoms with Gasteiger partial charge < -0.3 is 10.1 Å². The van der Waals surface area contributed by atoms with Crippen LogP contribution in [0, 0.1) is 5.41 Å². The van der Waals surface area contributed by atoms with Gasteiger partial charge in [-0.2, -0.15) is 0 Å². The fourth-order valence-electron chi connectivity index (χ4n) is 1.96. The predicted molar refractivity (Wildman–Crippen MR) is 60.7 cm³/mol. The van der Waals surface area contributed by atoms with Crippen molar-refractivity contribution >= 4 is 5.97 Å². The molecular weight excluding hydrogens is 190 g/mol. The highest BCUT2D eigenvalue weighted by Crippen LogP contribution is 2.39. The highest BCUT2D eigenvalue weighted by molar-refractivity contribution is 5.75. The van der Waals surface area contributed by atoms with E-state index in [9.17, 15) is 4.79 Å². The van der Waals surface area contributed by atoms with Gasteiger partial charge in [0.05, 0.1) is 6.61 Å². The lowest BCUT2D eigenvalue weighted by molar-refractivity contribution is -0.145. The van der Waals surface area contributed by atoms with Crippen LogP contribution in [0.3, 0.4) is 0 Å². The molecule has 0 radical (unpaired) electrons. The van der Waals surface area contributed by atoms with Crippen molar-refractivity contribution in [2.45, 2.75) is 52.5 Å². The molecule has 0 aliphatic heterocycles. The number of ether oxygens (including phenoxy) is 1. The van der Waals surface area contributed by atoms with Crippen LogP contribution in [0.4, 0.5) is 0 Å². The molecule has 0 saturated heterocycles. The molecule has 1 unspecified atom stereocenters. The number of nitrogens with one attached hydrogen (secondary N) is 1. The van der Waals surface area contributed by atoms with Crippen molar-refractivity contribution in [2.75, 3.05) is 13.2 Å². The van der Waals surface area contributed by atoms with Crippen molar-refractivity contribution < 1.29 is 9.53 Å². The molecular formula is C12H23NO2. The van der Waals surface area contributed by atoms with Crippen molar-refractivity contribution in [1.29, 1.82) is 0 Å². The number of carbonyl (C=O) groups is 1. The molecule has 88 valence electrons. The number of hydrogen-bond acceptors (Lipinski definition) is 3. The normalized spacial score (nSPS) is 20.5. The number of hydrogen-bond donors (Lipinski definition) is 1. The minimum atomic E-state index is -0.123. The average Bonchev–Trinajstić information content (AvgIpc) is 2.16. The molecule has 0 bridgehead atoms. The van der Waals surface area contributed by atoms with E-state index in [0.29, 0.717) is 12.0 Å². The van der Waals surface area contributed by atoms with E-state index in [1.807, 2.05) is 13.8 Å². The molecule has 1 N–H and O–H groups in total. The first-order chi connectivity index (χ1) is 7.11. The van der Waals surface area contributed by atoms with Crippen LogP contribution in [0.1, 0.15) is 46.5 Å². The summed E-state index contributed by atoms with van der Waals surface area (Å²) in [6, 6.07) is -0.123. The Labute approximate surface area is 92.6 Å². The summed E-state index contributed by atoms with van der Waals surface area (Å²) in [5, 5.41) is 3.32. The van der Waals surface area contributed by atoms with Crippen molar-refractivity contribution in [1.82, 2.24) is 5.32 Å². The first-order valence-corrected chi connectivity index (χ1v) is 6.01. The Morgan fingerprint density at radius 1 is 1.47 bits per heavy atom. The smallest absolute Gasteiger partial charge is 0.323 e. The van der Waals surface area contributed by atoms with Crippen LogP contribution in [0.2, 0.25) is 0 Å². The Morgan fingerprint density at radius 3 is 2.53 bits per heavy atom. The molecule has 0 heterocycles. The second kappa shape index (κ2) is 5.50. The number of esters is 1. The van der Waals surface area contributed by atoms with Crippen molar-refractivity contribution in [2.24, 2.45) is 5.41 Å². The molecule has 0 amide bonds. The van der Waals surface area contributed by atoms with Gasteiger partial charge in [-0.05, 0) is 31.6 Å². The van der Waals surface area contributed by atoms with Gasteiger partial charge in [-0.3, -0.25) is 4.79 Å². The molecule has 0 aromatic heterocycles. The third kappa shape index (κ3) is 3.49. The Hall–Kier alpha value is -0.570. The molecule has 1 rings (SSSR count). The van der Waals surface area contributed by atoms with E-state index in [4.69, 9.17) is 4.74 Å². The maximum Gasteiger partial charge on any atom is 0.323 e. The van der Waals surface area contributed by atoms with Gasteiger partial charge in [0.15, 0.2) is 0 Å². The number of rotatable bonds is 6. The molecule has 1 fully saturated rings. The van der Waals surface area contributed by atoms with Gasteiger partial charge in [0, 0.05) is 6.54 Å². The van der Waals surface area contributed by atoms with Crippen molar-refractivity contribution in [3.8, 4) is 0 Å². The molecule has 0 aromatic rings. The van der Waals surface area contributed by atoms with Gasteiger partial charge in [0.2, 0.25) is 0 Å². The van der Waals surface area contributed by atoms with Crippen LogP contribution < -0.4 is 5.32 Å². The fraction of sp³-hybridized carbons (Fsp3) is 0.917. The standard InChI is InChI=1S/C12H23NO2/c1-4-10(11(14)15-5-2)13-9-12(3)7-6-8-12/h10,13H,4-9H2,1-3H3. The predicted octanol–water partition coefficient (Wildman–Crippen LogP) is 2.11. The minimum Gasteiger partial charge on any atom is -0.465 e. The Bertz CT molecular complexity index is 212. The maximum atomic E-state index is 11.5.